The van der Waals surface area contributed by atoms with E-state index in [1.807, 2.05) is 42.5 Å². The summed E-state index contributed by atoms with van der Waals surface area (Å²) in [5.41, 5.74) is 5.76. The molecule has 0 unspecified atom stereocenters. The van der Waals surface area contributed by atoms with Crippen LogP contribution in [0.1, 0.15) is 47.9 Å². The zero-order valence-electron chi connectivity index (χ0n) is 21.5. The van der Waals surface area contributed by atoms with Gasteiger partial charge in [0.25, 0.3) is 0 Å². The van der Waals surface area contributed by atoms with Crippen molar-refractivity contribution in [1.82, 2.24) is 10.6 Å². The number of aryl methyl sites for hydroxylation is 2. The maximum absolute atomic E-state index is 12.2. The van der Waals surface area contributed by atoms with Crippen molar-refractivity contribution in [2.75, 3.05) is 7.11 Å². The largest absolute Gasteiger partial charge is 0.497 e. The third kappa shape index (κ3) is 6.91. The number of urea groups is 1. The van der Waals surface area contributed by atoms with Gasteiger partial charge < -0.3 is 15.4 Å². The molecule has 0 aromatic heterocycles. The number of methoxy groups -OCH3 is 1. The first-order valence-electron chi connectivity index (χ1n) is 12.8. The van der Waals surface area contributed by atoms with Gasteiger partial charge in [0.05, 0.1) is 7.11 Å². The highest BCUT2D eigenvalue weighted by Crippen LogP contribution is 2.59. The molecule has 2 aliphatic rings. The van der Waals surface area contributed by atoms with Gasteiger partial charge in [-0.05, 0) is 97.7 Å². The van der Waals surface area contributed by atoms with Crippen LogP contribution in [-0.2, 0) is 13.0 Å². The minimum atomic E-state index is -0.0635. The number of hydrogen-bond acceptors (Lipinski definition) is 2. The molecule has 3 aromatic rings. The van der Waals surface area contributed by atoms with Gasteiger partial charge in [-0.3, -0.25) is 0 Å². The first kappa shape index (κ1) is 26.3. The lowest BCUT2D eigenvalue weighted by molar-refractivity contribution is -0.0454. The predicted molar refractivity (Wildman–Crippen MR) is 150 cm³/mol. The summed E-state index contributed by atoms with van der Waals surface area (Å²) >= 11 is 3.40. The number of hydrogen-bond donors (Lipinski definition) is 2. The monoisotopic (exact) mass is 548 g/mol. The van der Waals surface area contributed by atoms with E-state index in [0.29, 0.717) is 18.0 Å². The fourth-order valence-corrected chi connectivity index (χ4v) is 5.88. The van der Waals surface area contributed by atoms with E-state index in [2.05, 4.69) is 70.7 Å². The summed E-state index contributed by atoms with van der Waals surface area (Å²) in [5, 5.41) is 6.09. The number of halogens is 1. The molecule has 4 nitrogen and oxygen atoms in total. The Hall–Kier alpha value is -2.79. The molecule has 0 heterocycles. The van der Waals surface area contributed by atoms with Crippen LogP contribution in [0.3, 0.4) is 0 Å². The van der Waals surface area contributed by atoms with Gasteiger partial charge in [0.1, 0.15) is 5.75 Å². The topological polar surface area (TPSA) is 50.4 Å². The highest BCUT2D eigenvalue weighted by Gasteiger charge is 2.52. The molecule has 0 radical (unpaired) electrons. The normalized spacial score (nSPS) is 21.9. The maximum atomic E-state index is 12.2. The number of benzene rings is 3. The molecule has 2 fully saturated rings. The van der Waals surface area contributed by atoms with Crippen molar-refractivity contribution in [3.8, 4) is 5.75 Å². The molecule has 190 valence electrons. The quantitative estimate of drug-likeness (QED) is 0.338. The minimum Gasteiger partial charge on any atom is -0.497 e. The van der Waals surface area contributed by atoms with E-state index in [0.717, 1.165) is 30.1 Å². The van der Waals surface area contributed by atoms with Crippen LogP contribution in [0.5, 0.6) is 5.75 Å². The predicted octanol–water partition coefficient (Wildman–Crippen LogP) is 7.36. The Kier molecular flexibility index (Phi) is 8.73. The van der Waals surface area contributed by atoms with E-state index >= 15 is 0 Å². The Bertz CT molecular complexity index is 1130. The van der Waals surface area contributed by atoms with Crippen LogP contribution in [-0.4, -0.2) is 19.2 Å². The van der Waals surface area contributed by atoms with Gasteiger partial charge >= 0.3 is 6.03 Å². The summed E-state index contributed by atoms with van der Waals surface area (Å²) in [4.78, 5) is 12.2. The van der Waals surface area contributed by atoms with Crippen LogP contribution in [0, 0.1) is 25.2 Å². The number of carbonyl (C=O) groups is 1. The molecule has 2 N–H and O–H groups in total. The Balaban J connectivity index is 0.000000325. The van der Waals surface area contributed by atoms with Crippen molar-refractivity contribution in [2.24, 2.45) is 11.3 Å². The van der Waals surface area contributed by atoms with E-state index in [1.54, 1.807) is 7.11 Å². The molecule has 2 aliphatic carbocycles. The molecule has 1 spiro atoms. The molecule has 0 atom stereocenters. The molecule has 36 heavy (non-hydrogen) atoms. The van der Waals surface area contributed by atoms with Gasteiger partial charge in [0.15, 0.2) is 0 Å². The van der Waals surface area contributed by atoms with Crippen molar-refractivity contribution < 1.29 is 9.53 Å². The van der Waals surface area contributed by atoms with Crippen molar-refractivity contribution in [2.45, 2.75) is 58.5 Å². The molecule has 3 aromatic carbocycles. The number of ether oxygens (including phenoxy) is 1. The number of nitrogens with one attached hydrogen (secondary N) is 2. The van der Waals surface area contributed by atoms with Crippen molar-refractivity contribution in [3.05, 3.63) is 99.5 Å². The minimum absolute atomic E-state index is 0.0635. The Morgan fingerprint density at radius 3 is 2.14 bits per heavy atom. The van der Waals surface area contributed by atoms with Crippen LogP contribution in [0.2, 0.25) is 0 Å². The second-order valence-corrected chi connectivity index (χ2v) is 11.3. The second kappa shape index (κ2) is 12.0. The van der Waals surface area contributed by atoms with E-state index in [1.165, 1.54) is 40.4 Å². The average molecular weight is 550 g/mol. The first-order chi connectivity index (χ1) is 17.4. The van der Waals surface area contributed by atoms with E-state index < -0.39 is 0 Å². The lowest BCUT2D eigenvalue weighted by atomic mass is 9.49. The lowest BCUT2D eigenvalue weighted by Crippen LogP contribution is -2.57. The number of carbonyl (C=O) groups excluding carboxylic acids is 1. The molecule has 2 saturated carbocycles. The van der Waals surface area contributed by atoms with Crippen LogP contribution < -0.4 is 15.4 Å². The van der Waals surface area contributed by atoms with Gasteiger partial charge in [0.2, 0.25) is 0 Å². The number of amides is 2. The average Bonchev–Trinajstić information content (AvgIpc) is 2.84. The molecule has 5 rings (SSSR count). The Morgan fingerprint density at radius 1 is 0.917 bits per heavy atom. The zero-order chi connectivity index (χ0) is 25.5. The van der Waals surface area contributed by atoms with Crippen LogP contribution in [0.25, 0.3) is 0 Å². The second-order valence-electron chi connectivity index (χ2n) is 10.4. The summed E-state index contributed by atoms with van der Waals surface area (Å²) < 4.78 is 6.33. The SMILES string of the molecule is COc1ccc(CNC(=O)NC2CC3(CC(Cc4ccccc4C)C3)C2)cc1.Cc1ccccc1Br. The summed E-state index contributed by atoms with van der Waals surface area (Å²) in [5.74, 6) is 1.64. The molecule has 5 heteroatoms. The summed E-state index contributed by atoms with van der Waals surface area (Å²) in [7, 11) is 1.65. The van der Waals surface area contributed by atoms with E-state index in [-0.39, 0.29) is 6.03 Å². The van der Waals surface area contributed by atoms with Gasteiger partial charge in [-0.15, -0.1) is 0 Å². The van der Waals surface area contributed by atoms with E-state index in [9.17, 15) is 4.79 Å². The van der Waals surface area contributed by atoms with Crippen molar-refractivity contribution >= 4 is 22.0 Å². The summed E-state index contributed by atoms with van der Waals surface area (Å²) in [6.07, 6.45) is 6.09. The molecular weight excluding hydrogens is 512 g/mol. The Labute approximate surface area is 224 Å². The Morgan fingerprint density at radius 2 is 1.56 bits per heavy atom. The number of rotatable bonds is 6. The molecule has 2 amide bonds. The molecular formula is C31H37BrN2O2. The highest BCUT2D eigenvalue weighted by atomic mass is 79.9. The zero-order valence-corrected chi connectivity index (χ0v) is 23.1. The third-order valence-electron chi connectivity index (χ3n) is 7.60. The van der Waals surface area contributed by atoms with Gasteiger partial charge in [0, 0.05) is 17.1 Å². The van der Waals surface area contributed by atoms with Gasteiger partial charge in [-0.25, -0.2) is 4.79 Å². The maximum Gasteiger partial charge on any atom is 0.315 e. The third-order valence-corrected chi connectivity index (χ3v) is 8.49. The van der Waals surface area contributed by atoms with Gasteiger partial charge in [-0.2, -0.15) is 0 Å². The fraction of sp³-hybridized carbons (Fsp3) is 0.387. The first-order valence-corrected chi connectivity index (χ1v) is 13.6. The smallest absolute Gasteiger partial charge is 0.315 e. The lowest BCUT2D eigenvalue weighted by Gasteiger charge is -2.58. The summed E-state index contributed by atoms with van der Waals surface area (Å²) in [6, 6.07) is 24.9. The standard InChI is InChI=1S/C24H30N2O2.C7H7Br/c1-17-5-3-4-6-20(17)11-19-12-24(13-19)14-21(15-24)26-23(27)25-16-18-7-9-22(28-2)10-8-18;1-6-4-2-3-5-7(6)8/h3-10,19,21H,11-16H2,1-2H3,(H2,25,26,27);2-5H,1H3. The van der Waals surface area contributed by atoms with Crippen LogP contribution in [0.4, 0.5) is 4.79 Å². The van der Waals surface area contributed by atoms with Crippen LogP contribution >= 0.6 is 15.9 Å². The van der Waals surface area contributed by atoms with Gasteiger partial charge in [-0.1, -0.05) is 70.5 Å². The summed E-state index contributed by atoms with van der Waals surface area (Å²) in [6.45, 7) is 4.81. The molecule has 0 aliphatic heterocycles. The fourth-order valence-electron chi connectivity index (χ4n) is 5.59. The van der Waals surface area contributed by atoms with E-state index in [4.69, 9.17) is 4.74 Å². The molecule has 0 saturated heterocycles. The van der Waals surface area contributed by atoms with Crippen molar-refractivity contribution in [1.29, 1.82) is 0 Å². The van der Waals surface area contributed by atoms with Crippen molar-refractivity contribution in [3.63, 3.8) is 0 Å². The molecule has 0 bridgehead atoms. The van der Waals surface area contributed by atoms with Crippen LogP contribution in [0.15, 0.2) is 77.3 Å². The highest BCUT2D eigenvalue weighted by molar-refractivity contribution is 9.10.